The first kappa shape index (κ1) is 16.8. The normalized spacial score (nSPS) is 11.9. The molecular weight excluding hydrogens is 320 g/mol. The van der Waals surface area contributed by atoms with Crippen LogP contribution in [-0.4, -0.2) is 36.2 Å². The van der Waals surface area contributed by atoms with E-state index in [1.54, 1.807) is 18.3 Å². The average Bonchev–Trinajstić information content (AvgIpc) is 2.86. The lowest BCUT2D eigenvalue weighted by molar-refractivity contribution is 0.601. The maximum absolute atomic E-state index is 11.7. The van der Waals surface area contributed by atoms with Crippen molar-refractivity contribution in [2.75, 3.05) is 18.1 Å². The highest BCUT2D eigenvalue weighted by molar-refractivity contribution is 7.90. The van der Waals surface area contributed by atoms with Crippen LogP contribution >= 0.6 is 11.3 Å². The van der Waals surface area contributed by atoms with Gasteiger partial charge < -0.3 is 5.32 Å². The van der Waals surface area contributed by atoms with Gasteiger partial charge in [-0.1, -0.05) is 13.8 Å². The fraction of sp³-hybridized carbons (Fsp3) is 0.500. The molecule has 0 saturated heterocycles. The van der Waals surface area contributed by atoms with Crippen molar-refractivity contribution in [1.82, 2.24) is 15.0 Å². The largest absolute Gasteiger partial charge is 0.368 e. The maximum Gasteiger partial charge on any atom is 0.180 e. The average molecular weight is 340 g/mol. The molecule has 2 rings (SSSR count). The van der Waals surface area contributed by atoms with Gasteiger partial charge in [0.25, 0.3) is 0 Å². The van der Waals surface area contributed by atoms with Gasteiger partial charge >= 0.3 is 0 Å². The Balaban J connectivity index is 2.06. The number of rotatable bonds is 6. The first-order valence-corrected chi connectivity index (χ1v) is 9.76. The van der Waals surface area contributed by atoms with E-state index >= 15 is 0 Å². The molecule has 0 aromatic carbocycles. The van der Waals surface area contributed by atoms with Crippen molar-refractivity contribution >= 4 is 27.0 Å². The summed E-state index contributed by atoms with van der Waals surface area (Å²) >= 11 is 1.65. The molecule has 8 heteroatoms. The van der Waals surface area contributed by atoms with Crippen LogP contribution in [0.15, 0.2) is 16.5 Å². The molecule has 6 nitrogen and oxygen atoms in total. The zero-order chi connectivity index (χ0) is 16.3. The van der Waals surface area contributed by atoms with E-state index in [1.165, 1.54) is 6.20 Å². The monoisotopic (exact) mass is 340 g/mol. The molecule has 2 heterocycles. The maximum atomic E-state index is 11.7. The Morgan fingerprint density at radius 3 is 2.64 bits per heavy atom. The van der Waals surface area contributed by atoms with E-state index in [0.29, 0.717) is 24.1 Å². The van der Waals surface area contributed by atoms with Crippen LogP contribution in [0.3, 0.4) is 0 Å². The van der Waals surface area contributed by atoms with Gasteiger partial charge in [-0.2, -0.15) is 0 Å². The number of thiazole rings is 1. The number of nitrogens with one attached hydrogen (secondary N) is 1. The van der Waals surface area contributed by atoms with Crippen molar-refractivity contribution < 1.29 is 8.42 Å². The van der Waals surface area contributed by atoms with E-state index < -0.39 is 9.84 Å². The number of aromatic nitrogens is 3. The molecular formula is C14H20N4O2S2. The molecule has 2 aromatic rings. The highest BCUT2D eigenvalue weighted by Gasteiger charge is 2.15. The Labute approximate surface area is 135 Å². The summed E-state index contributed by atoms with van der Waals surface area (Å²) in [6.45, 7) is 6.53. The van der Waals surface area contributed by atoms with Gasteiger partial charge in [0.05, 0.1) is 16.9 Å². The van der Waals surface area contributed by atoms with Gasteiger partial charge in [0.15, 0.2) is 9.84 Å². The van der Waals surface area contributed by atoms with Crippen LogP contribution in [0.5, 0.6) is 0 Å². The molecule has 0 radical (unpaired) electrons. The summed E-state index contributed by atoms with van der Waals surface area (Å²) in [5.74, 6) is 1.31. The molecule has 22 heavy (non-hydrogen) atoms. The lowest BCUT2D eigenvalue weighted by Gasteiger charge is -2.09. The minimum atomic E-state index is -3.35. The predicted octanol–water partition coefficient (Wildman–Crippen LogP) is 2.42. The quantitative estimate of drug-likeness (QED) is 0.869. The first-order chi connectivity index (χ1) is 10.3. The van der Waals surface area contributed by atoms with Crippen LogP contribution in [0, 0.1) is 6.92 Å². The minimum absolute atomic E-state index is 0.124. The van der Waals surface area contributed by atoms with E-state index in [0.717, 1.165) is 23.4 Å². The number of nitrogens with zero attached hydrogens (tertiary/aromatic N) is 3. The van der Waals surface area contributed by atoms with Gasteiger partial charge in [0.2, 0.25) is 0 Å². The molecule has 0 amide bonds. The first-order valence-electron chi connectivity index (χ1n) is 6.99. The Morgan fingerprint density at radius 1 is 1.32 bits per heavy atom. The van der Waals surface area contributed by atoms with Crippen molar-refractivity contribution in [3.05, 3.63) is 28.1 Å². The molecule has 0 aliphatic heterocycles. The second-order valence-electron chi connectivity index (χ2n) is 5.41. The van der Waals surface area contributed by atoms with Crippen LogP contribution < -0.4 is 5.32 Å². The Bertz CT molecular complexity index is 754. The summed E-state index contributed by atoms with van der Waals surface area (Å²) in [6, 6.07) is 0. The number of hydrogen-bond donors (Lipinski definition) is 1. The lowest BCUT2D eigenvalue weighted by atomic mass is 10.2. The molecule has 1 N–H and O–H groups in total. The Morgan fingerprint density at radius 2 is 2.05 bits per heavy atom. The molecule has 0 atom stereocenters. The van der Waals surface area contributed by atoms with Crippen molar-refractivity contribution in [3.8, 4) is 0 Å². The minimum Gasteiger partial charge on any atom is -0.368 e. The molecule has 0 unspecified atom stereocenters. The SMILES string of the molecule is Cc1ncc(S(C)(=O)=O)c(NCCc2csc(C(C)C)n2)n1. The number of sulfone groups is 1. The van der Waals surface area contributed by atoms with Gasteiger partial charge in [0.1, 0.15) is 16.5 Å². The zero-order valence-corrected chi connectivity index (χ0v) is 14.8. The summed E-state index contributed by atoms with van der Waals surface area (Å²) in [7, 11) is -3.35. The highest BCUT2D eigenvalue weighted by Crippen LogP contribution is 2.20. The van der Waals surface area contributed by atoms with Crippen molar-refractivity contribution in [2.45, 2.75) is 38.0 Å². The Hall–Kier alpha value is -1.54. The third kappa shape index (κ3) is 4.23. The van der Waals surface area contributed by atoms with E-state index in [9.17, 15) is 8.42 Å². The van der Waals surface area contributed by atoms with Crippen molar-refractivity contribution in [2.24, 2.45) is 0 Å². The second kappa shape index (κ2) is 6.70. The highest BCUT2D eigenvalue weighted by atomic mass is 32.2. The third-order valence-electron chi connectivity index (χ3n) is 3.01. The van der Waals surface area contributed by atoms with E-state index in [2.05, 4.69) is 34.1 Å². The summed E-state index contributed by atoms with van der Waals surface area (Å²) in [5.41, 5.74) is 1.01. The van der Waals surface area contributed by atoms with Gasteiger partial charge in [-0.15, -0.1) is 11.3 Å². The van der Waals surface area contributed by atoms with Crippen molar-refractivity contribution in [3.63, 3.8) is 0 Å². The molecule has 0 saturated carbocycles. The van der Waals surface area contributed by atoms with E-state index in [1.807, 2.05) is 5.38 Å². The fourth-order valence-corrected chi connectivity index (χ4v) is 3.45. The summed E-state index contributed by atoms with van der Waals surface area (Å²) in [6.07, 6.45) is 3.22. The third-order valence-corrected chi connectivity index (χ3v) is 5.30. The summed E-state index contributed by atoms with van der Waals surface area (Å²) in [5, 5.41) is 6.24. The van der Waals surface area contributed by atoms with E-state index in [4.69, 9.17) is 0 Å². The summed E-state index contributed by atoms with van der Waals surface area (Å²) in [4.78, 5) is 12.8. The molecule has 0 aliphatic rings. The smallest absolute Gasteiger partial charge is 0.180 e. The topological polar surface area (TPSA) is 84.8 Å². The van der Waals surface area contributed by atoms with Crippen LogP contribution in [0.2, 0.25) is 0 Å². The van der Waals surface area contributed by atoms with Crippen LogP contribution in [0.25, 0.3) is 0 Å². The van der Waals surface area contributed by atoms with Crippen LogP contribution in [0.1, 0.15) is 36.3 Å². The molecule has 0 aliphatic carbocycles. The van der Waals surface area contributed by atoms with Crippen LogP contribution in [0.4, 0.5) is 5.82 Å². The fourth-order valence-electron chi connectivity index (χ4n) is 1.87. The molecule has 0 bridgehead atoms. The second-order valence-corrected chi connectivity index (χ2v) is 8.28. The van der Waals surface area contributed by atoms with Gasteiger partial charge in [-0.3, -0.25) is 0 Å². The predicted molar refractivity (Wildman–Crippen MR) is 88.3 cm³/mol. The molecule has 0 spiro atoms. The molecule has 0 fully saturated rings. The molecule has 120 valence electrons. The Kier molecular flexibility index (Phi) is 5.12. The standard InChI is InChI=1S/C14H20N4O2S2/c1-9(2)14-18-11(8-21-14)5-6-15-13-12(22(4,19)20)7-16-10(3)17-13/h7-9H,5-6H2,1-4H3,(H,15,16,17). The van der Waals surface area contributed by atoms with Crippen LogP contribution in [-0.2, 0) is 16.3 Å². The number of aryl methyl sites for hydroxylation is 1. The molecule has 2 aromatic heterocycles. The summed E-state index contributed by atoms with van der Waals surface area (Å²) < 4.78 is 23.5. The number of hydrogen-bond acceptors (Lipinski definition) is 7. The van der Waals surface area contributed by atoms with Gasteiger partial charge in [0, 0.05) is 30.5 Å². The van der Waals surface area contributed by atoms with Gasteiger partial charge in [-0.25, -0.2) is 23.4 Å². The number of anilines is 1. The lowest BCUT2D eigenvalue weighted by Crippen LogP contribution is -2.12. The van der Waals surface area contributed by atoms with E-state index in [-0.39, 0.29) is 4.90 Å². The van der Waals surface area contributed by atoms with Gasteiger partial charge in [-0.05, 0) is 6.92 Å². The van der Waals surface area contributed by atoms with Crippen molar-refractivity contribution in [1.29, 1.82) is 0 Å². The zero-order valence-electron chi connectivity index (χ0n) is 13.1.